The number of hydrogen-bond acceptors (Lipinski definition) is 2. The van der Waals surface area contributed by atoms with Crippen molar-refractivity contribution in [2.24, 2.45) is 5.92 Å². The lowest BCUT2D eigenvalue weighted by atomic mass is 9.99. The van der Waals surface area contributed by atoms with Crippen molar-refractivity contribution in [1.29, 1.82) is 0 Å². The van der Waals surface area contributed by atoms with Crippen LogP contribution in [-0.2, 0) is 11.3 Å². The fourth-order valence-corrected chi connectivity index (χ4v) is 4.14. The van der Waals surface area contributed by atoms with Gasteiger partial charge in [0, 0.05) is 35.8 Å². The number of halogens is 1. The zero-order valence-corrected chi connectivity index (χ0v) is 20.0. The zero-order valence-electron chi connectivity index (χ0n) is 19.2. The number of anilines is 1. The fourth-order valence-electron chi connectivity index (χ4n) is 4.02. The molecule has 0 aromatic heterocycles. The highest BCUT2D eigenvalue weighted by Gasteiger charge is 2.15. The number of hydrogen-bond donors (Lipinski definition) is 0. The second-order valence-corrected chi connectivity index (χ2v) is 9.26. The Morgan fingerprint density at radius 3 is 2.12 bits per heavy atom. The van der Waals surface area contributed by atoms with E-state index in [0.717, 1.165) is 34.8 Å². The van der Waals surface area contributed by atoms with Crippen molar-refractivity contribution in [3.8, 4) is 23.0 Å². The SMILES string of the molecule is CC1CCN(Cc2ccc(C#CC(=O)N(C)c3ccc(-c4ccc(Cl)cc4)cc3)cc2)CC1. The summed E-state index contributed by atoms with van der Waals surface area (Å²) in [6.07, 6.45) is 2.56. The third-order valence-electron chi connectivity index (χ3n) is 6.29. The molecular formula is C29H29ClN2O. The molecule has 4 heteroatoms. The summed E-state index contributed by atoms with van der Waals surface area (Å²) in [5, 5.41) is 0.713. The average molecular weight is 457 g/mol. The molecule has 0 N–H and O–H groups in total. The number of carbonyl (C=O) groups excluding carboxylic acids is 1. The summed E-state index contributed by atoms with van der Waals surface area (Å²) in [7, 11) is 1.75. The van der Waals surface area contributed by atoms with E-state index in [2.05, 4.69) is 35.8 Å². The van der Waals surface area contributed by atoms with E-state index in [1.54, 1.807) is 11.9 Å². The molecule has 0 saturated carbocycles. The molecule has 0 atom stereocenters. The summed E-state index contributed by atoms with van der Waals surface area (Å²) in [5.74, 6) is 6.38. The Kier molecular flexibility index (Phi) is 7.50. The highest BCUT2D eigenvalue weighted by Crippen LogP contribution is 2.24. The maximum atomic E-state index is 12.6. The molecular weight excluding hydrogens is 428 g/mol. The minimum atomic E-state index is -0.235. The van der Waals surface area contributed by atoms with Crippen LogP contribution in [0, 0.1) is 17.8 Å². The summed E-state index contributed by atoms with van der Waals surface area (Å²) in [6.45, 7) is 5.66. The van der Waals surface area contributed by atoms with Gasteiger partial charge in [-0.05, 0) is 84.9 Å². The highest BCUT2D eigenvalue weighted by atomic mass is 35.5. The van der Waals surface area contributed by atoms with Gasteiger partial charge in [0.25, 0.3) is 0 Å². The van der Waals surface area contributed by atoms with E-state index in [0.29, 0.717) is 5.02 Å². The minimum Gasteiger partial charge on any atom is -0.305 e. The van der Waals surface area contributed by atoms with Gasteiger partial charge in [0.2, 0.25) is 0 Å². The van der Waals surface area contributed by atoms with Crippen molar-refractivity contribution in [2.45, 2.75) is 26.3 Å². The lowest BCUT2D eigenvalue weighted by molar-refractivity contribution is -0.113. The van der Waals surface area contributed by atoms with Gasteiger partial charge in [0.1, 0.15) is 0 Å². The van der Waals surface area contributed by atoms with Crippen LogP contribution in [-0.4, -0.2) is 30.9 Å². The third-order valence-corrected chi connectivity index (χ3v) is 6.54. The second-order valence-electron chi connectivity index (χ2n) is 8.82. The molecule has 3 aromatic carbocycles. The predicted octanol–water partition coefficient (Wildman–Crippen LogP) is 6.25. The molecule has 0 bridgehead atoms. The normalized spacial score (nSPS) is 14.4. The molecule has 1 heterocycles. The lowest BCUT2D eigenvalue weighted by Crippen LogP contribution is -2.32. The monoisotopic (exact) mass is 456 g/mol. The van der Waals surface area contributed by atoms with Crippen LogP contribution in [0.25, 0.3) is 11.1 Å². The Morgan fingerprint density at radius 1 is 0.939 bits per heavy atom. The van der Waals surface area contributed by atoms with Gasteiger partial charge in [-0.15, -0.1) is 0 Å². The molecule has 1 aliphatic heterocycles. The van der Waals surface area contributed by atoms with Crippen molar-refractivity contribution in [3.63, 3.8) is 0 Å². The van der Waals surface area contributed by atoms with Gasteiger partial charge in [-0.3, -0.25) is 9.69 Å². The minimum absolute atomic E-state index is 0.235. The summed E-state index contributed by atoms with van der Waals surface area (Å²) < 4.78 is 0. The van der Waals surface area contributed by atoms with Gasteiger partial charge in [-0.1, -0.05) is 60.8 Å². The molecule has 1 amide bonds. The molecule has 0 spiro atoms. The summed E-state index contributed by atoms with van der Waals surface area (Å²) in [5.41, 5.74) is 5.10. The van der Waals surface area contributed by atoms with Crippen LogP contribution in [0.3, 0.4) is 0 Å². The van der Waals surface area contributed by atoms with Crippen LogP contribution in [0.4, 0.5) is 5.69 Å². The average Bonchev–Trinajstić information content (AvgIpc) is 2.85. The number of likely N-dealkylation sites (tertiary alicyclic amines) is 1. The van der Waals surface area contributed by atoms with E-state index in [1.165, 1.54) is 31.5 Å². The van der Waals surface area contributed by atoms with Gasteiger partial charge in [0.15, 0.2) is 0 Å². The van der Waals surface area contributed by atoms with Crippen molar-refractivity contribution < 1.29 is 4.79 Å². The van der Waals surface area contributed by atoms with E-state index < -0.39 is 0 Å². The standard InChI is InChI=1S/C29H29ClN2O/c1-22-17-19-32(20-18-22)21-24-5-3-23(4-6-24)7-16-29(33)31(2)28-14-10-26(11-15-28)25-8-12-27(30)13-9-25/h3-6,8-15,22H,17-21H2,1-2H3. The van der Waals surface area contributed by atoms with E-state index in [1.807, 2.05) is 60.7 Å². The molecule has 3 aromatic rings. The van der Waals surface area contributed by atoms with Crippen LogP contribution in [0.2, 0.25) is 5.02 Å². The fraction of sp³-hybridized carbons (Fsp3) is 0.276. The summed E-state index contributed by atoms with van der Waals surface area (Å²) in [6, 6.07) is 23.8. The molecule has 4 rings (SSSR count). The number of amides is 1. The lowest BCUT2D eigenvalue weighted by Gasteiger charge is -2.30. The van der Waals surface area contributed by atoms with Crippen molar-refractivity contribution in [2.75, 3.05) is 25.0 Å². The topological polar surface area (TPSA) is 23.6 Å². The smallest absolute Gasteiger partial charge is 0.302 e. The Hall–Kier alpha value is -3.06. The quantitative estimate of drug-likeness (QED) is 0.433. The maximum absolute atomic E-state index is 12.6. The van der Waals surface area contributed by atoms with Crippen molar-refractivity contribution >= 4 is 23.2 Å². The number of nitrogens with zero attached hydrogens (tertiary/aromatic N) is 2. The maximum Gasteiger partial charge on any atom is 0.302 e. The molecule has 1 saturated heterocycles. The highest BCUT2D eigenvalue weighted by molar-refractivity contribution is 6.30. The number of carbonyl (C=O) groups is 1. The van der Waals surface area contributed by atoms with E-state index in [4.69, 9.17) is 11.6 Å². The molecule has 1 aliphatic rings. The number of rotatable bonds is 4. The molecule has 0 unspecified atom stereocenters. The van der Waals surface area contributed by atoms with Crippen molar-refractivity contribution in [3.05, 3.63) is 88.9 Å². The molecule has 168 valence electrons. The predicted molar refractivity (Wildman–Crippen MR) is 137 cm³/mol. The van der Waals surface area contributed by atoms with Crippen LogP contribution in [0.15, 0.2) is 72.8 Å². The number of piperidine rings is 1. The van der Waals surface area contributed by atoms with Gasteiger partial charge < -0.3 is 4.90 Å². The largest absolute Gasteiger partial charge is 0.305 e. The van der Waals surface area contributed by atoms with Gasteiger partial charge in [-0.2, -0.15) is 0 Å². The van der Waals surface area contributed by atoms with E-state index in [-0.39, 0.29) is 5.91 Å². The van der Waals surface area contributed by atoms with Gasteiger partial charge >= 0.3 is 5.91 Å². The first-order valence-electron chi connectivity index (χ1n) is 11.4. The molecule has 0 aliphatic carbocycles. The first kappa shape index (κ1) is 23.1. The van der Waals surface area contributed by atoms with Crippen LogP contribution < -0.4 is 4.90 Å². The van der Waals surface area contributed by atoms with Gasteiger partial charge in [-0.25, -0.2) is 0 Å². The van der Waals surface area contributed by atoms with E-state index >= 15 is 0 Å². The van der Waals surface area contributed by atoms with Crippen LogP contribution in [0.5, 0.6) is 0 Å². The van der Waals surface area contributed by atoms with Crippen molar-refractivity contribution in [1.82, 2.24) is 4.90 Å². The molecule has 33 heavy (non-hydrogen) atoms. The Morgan fingerprint density at radius 2 is 1.52 bits per heavy atom. The van der Waals surface area contributed by atoms with Crippen LogP contribution in [0.1, 0.15) is 30.9 Å². The third kappa shape index (κ3) is 6.26. The Bertz CT molecular complexity index is 1130. The zero-order chi connectivity index (χ0) is 23.2. The first-order valence-corrected chi connectivity index (χ1v) is 11.8. The summed E-state index contributed by atoms with van der Waals surface area (Å²) in [4.78, 5) is 16.7. The summed E-state index contributed by atoms with van der Waals surface area (Å²) >= 11 is 5.97. The first-order chi connectivity index (χ1) is 16.0. The number of benzene rings is 3. The molecule has 1 fully saturated rings. The molecule has 3 nitrogen and oxygen atoms in total. The second kappa shape index (κ2) is 10.7. The Balaban J connectivity index is 1.35. The van der Waals surface area contributed by atoms with E-state index in [9.17, 15) is 4.79 Å². The van der Waals surface area contributed by atoms with Gasteiger partial charge in [0.05, 0.1) is 0 Å². The Labute approximate surface area is 202 Å². The van der Waals surface area contributed by atoms with Crippen LogP contribution >= 0.6 is 11.6 Å². The molecule has 0 radical (unpaired) electrons.